The fourth-order valence-corrected chi connectivity index (χ4v) is 4.71. The van der Waals surface area contributed by atoms with Crippen LogP contribution in [0.3, 0.4) is 0 Å². The Labute approximate surface area is 168 Å². The minimum Gasteiger partial charge on any atom is -0.497 e. The molecule has 1 saturated carbocycles. The van der Waals surface area contributed by atoms with Crippen LogP contribution in [-0.4, -0.2) is 37.6 Å². The molecule has 1 fully saturated rings. The number of aryl methyl sites for hydroxylation is 2. The molecule has 0 bridgehead atoms. The van der Waals surface area contributed by atoms with Crippen molar-refractivity contribution >= 4 is 5.91 Å². The summed E-state index contributed by atoms with van der Waals surface area (Å²) in [6.45, 7) is 4.00. The number of likely N-dealkylation sites (N-methyl/N-ethyl adjacent to an activating group) is 1. The van der Waals surface area contributed by atoms with Gasteiger partial charge in [0.05, 0.1) is 13.2 Å². The van der Waals surface area contributed by atoms with Gasteiger partial charge in [0.25, 0.3) is 5.91 Å². The van der Waals surface area contributed by atoms with Crippen LogP contribution >= 0.6 is 0 Å². The highest BCUT2D eigenvalue weighted by molar-refractivity contribution is 5.97. The van der Waals surface area contributed by atoms with Crippen molar-refractivity contribution in [1.29, 1.82) is 0 Å². The van der Waals surface area contributed by atoms with Crippen LogP contribution < -0.4 is 10.1 Å². The Morgan fingerprint density at radius 1 is 1.07 bits per heavy atom. The third-order valence-corrected chi connectivity index (χ3v) is 6.31. The van der Waals surface area contributed by atoms with Crippen LogP contribution in [0.25, 0.3) is 0 Å². The fraction of sp³-hybridized carbons (Fsp3) is 0.458. The second-order valence-corrected chi connectivity index (χ2v) is 8.16. The van der Waals surface area contributed by atoms with Gasteiger partial charge >= 0.3 is 0 Å². The van der Waals surface area contributed by atoms with Crippen molar-refractivity contribution in [2.75, 3.05) is 21.2 Å². The van der Waals surface area contributed by atoms with Crippen molar-refractivity contribution < 1.29 is 9.53 Å². The number of ether oxygens (including phenoxy) is 1. The molecule has 2 aromatic carbocycles. The summed E-state index contributed by atoms with van der Waals surface area (Å²) in [4.78, 5) is 15.7. The Morgan fingerprint density at radius 3 is 2.25 bits per heavy atom. The number of benzene rings is 2. The van der Waals surface area contributed by atoms with E-state index in [1.165, 1.54) is 12.8 Å². The minimum absolute atomic E-state index is 0.00320. The van der Waals surface area contributed by atoms with Crippen LogP contribution in [0, 0.1) is 13.8 Å². The van der Waals surface area contributed by atoms with Crippen LogP contribution in [0.15, 0.2) is 42.5 Å². The lowest BCUT2D eigenvalue weighted by Crippen LogP contribution is -2.53. The average Bonchev–Trinajstić information content (AvgIpc) is 3.17. The topological polar surface area (TPSA) is 41.6 Å². The highest BCUT2D eigenvalue weighted by Crippen LogP contribution is 2.44. The Bertz CT molecular complexity index is 818. The van der Waals surface area contributed by atoms with Crippen molar-refractivity contribution in [2.24, 2.45) is 0 Å². The van der Waals surface area contributed by atoms with Gasteiger partial charge in [-0.05, 0) is 69.6 Å². The fourth-order valence-electron chi connectivity index (χ4n) is 4.71. The van der Waals surface area contributed by atoms with Gasteiger partial charge in [0, 0.05) is 11.1 Å². The zero-order valence-electron chi connectivity index (χ0n) is 17.7. The third kappa shape index (κ3) is 3.79. The first-order valence-corrected chi connectivity index (χ1v) is 10.1. The second kappa shape index (κ2) is 8.36. The summed E-state index contributed by atoms with van der Waals surface area (Å²) in [5, 5.41) is 3.41. The van der Waals surface area contributed by atoms with E-state index in [9.17, 15) is 4.79 Å². The standard InChI is InChI=1S/C24H32N2O2/c1-17-10-8-11-18(2)21(17)23(27)25-22(19-12-9-13-20(16-19)28-5)24(26(3)4)14-6-7-15-24/h8-13,16,22H,6-7,14-15H2,1-5H3,(H,25,27). The molecule has 150 valence electrons. The lowest BCUT2D eigenvalue weighted by molar-refractivity contribution is 0.0765. The number of carbonyl (C=O) groups is 1. The van der Waals surface area contributed by atoms with Gasteiger partial charge < -0.3 is 15.0 Å². The van der Waals surface area contributed by atoms with Gasteiger partial charge in [-0.2, -0.15) is 0 Å². The highest BCUT2D eigenvalue weighted by atomic mass is 16.5. The Kier molecular flexibility index (Phi) is 6.09. The van der Waals surface area contributed by atoms with Crippen molar-refractivity contribution in [3.8, 4) is 5.75 Å². The summed E-state index contributed by atoms with van der Waals surface area (Å²) < 4.78 is 5.46. The Morgan fingerprint density at radius 2 is 1.68 bits per heavy atom. The van der Waals surface area contributed by atoms with E-state index in [0.29, 0.717) is 0 Å². The summed E-state index contributed by atoms with van der Waals surface area (Å²) >= 11 is 0. The van der Waals surface area contributed by atoms with Crippen LogP contribution in [0.1, 0.15) is 58.8 Å². The number of nitrogens with zero attached hydrogens (tertiary/aromatic N) is 1. The van der Waals surface area contributed by atoms with Crippen LogP contribution in [0.2, 0.25) is 0 Å². The normalized spacial score (nSPS) is 16.8. The third-order valence-electron chi connectivity index (χ3n) is 6.31. The van der Waals surface area contributed by atoms with E-state index >= 15 is 0 Å². The Hall–Kier alpha value is -2.33. The molecular weight excluding hydrogens is 348 g/mol. The molecule has 4 nitrogen and oxygen atoms in total. The predicted octanol–water partition coefficient (Wildman–Crippen LogP) is 4.66. The molecule has 1 unspecified atom stereocenters. The zero-order chi connectivity index (χ0) is 20.3. The maximum absolute atomic E-state index is 13.4. The van der Waals surface area contributed by atoms with E-state index in [-0.39, 0.29) is 17.5 Å². The van der Waals surface area contributed by atoms with Crippen LogP contribution in [0.5, 0.6) is 5.75 Å². The summed E-state index contributed by atoms with van der Waals surface area (Å²) in [5.41, 5.74) is 3.79. The lowest BCUT2D eigenvalue weighted by atomic mass is 9.82. The van der Waals surface area contributed by atoms with Gasteiger partial charge in [0.15, 0.2) is 0 Å². The quantitative estimate of drug-likeness (QED) is 0.793. The number of carbonyl (C=O) groups excluding carboxylic acids is 1. The zero-order valence-corrected chi connectivity index (χ0v) is 17.7. The number of methoxy groups -OCH3 is 1. The predicted molar refractivity (Wildman–Crippen MR) is 114 cm³/mol. The van der Waals surface area contributed by atoms with Gasteiger partial charge in [-0.3, -0.25) is 4.79 Å². The van der Waals surface area contributed by atoms with E-state index < -0.39 is 0 Å². The van der Waals surface area contributed by atoms with Gasteiger partial charge in [-0.25, -0.2) is 0 Å². The molecule has 0 spiro atoms. The number of nitrogens with one attached hydrogen (secondary N) is 1. The van der Waals surface area contributed by atoms with Crippen molar-refractivity contribution in [2.45, 2.75) is 51.1 Å². The van der Waals surface area contributed by atoms with E-state index in [2.05, 4.69) is 36.4 Å². The summed E-state index contributed by atoms with van der Waals surface area (Å²) in [5.74, 6) is 0.812. The molecule has 1 amide bonds. The molecule has 1 aliphatic carbocycles. The van der Waals surface area contributed by atoms with Crippen molar-refractivity contribution in [3.63, 3.8) is 0 Å². The molecule has 3 rings (SSSR count). The van der Waals surface area contributed by atoms with Crippen molar-refractivity contribution in [3.05, 3.63) is 64.7 Å². The number of hydrogen-bond acceptors (Lipinski definition) is 3. The molecule has 4 heteroatoms. The molecule has 0 heterocycles. The maximum Gasteiger partial charge on any atom is 0.252 e. The maximum atomic E-state index is 13.4. The highest BCUT2D eigenvalue weighted by Gasteiger charge is 2.45. The van der Waals surface area contributed by atoms with E-state index in [4.69, 9.17) is 4.74 Å². The molecule has 1 N–H and O–H groups in total. The summed E-state index contributed by atoms with van der Waals surface area (Å²) in [6, 6.07) is 14.0. The molecule has 28 heavy (non-hydrogen) atoms. The molecule has 0 saturated heterocycles. The Balaban J connectivity index is 2.05. The van der Waals surface area contributed by atoms with Gasteiger partial charge in [0.2, 0.25) is 0 Å². The number of rotatable bonds is 6. The largest absolute Gasteiger partial charge is 0.497 e. The van der Waals surface area contributed by atoms with Crippen LogP contribution in [0.4, 0.5) is 0 Å². The number of amides is 1. The van der Waals surface area contributed by atoms with Gasteiger partial charge in [0.1, 0.15) is 5.75 Å². The van der Waals surface area contributed by atoms with Crippen LogP contribution in [-0.2, 0) is 0 Å². The monoisotopic (exact) mass is 380 g/mol. The molecule has 2 aromatic rings. The first-order valence-electron chi connectivity index (χ1n) is 10.1. The molecule has 1 atom stereocenters. The second-order valence-electron chi connectivity index (χ2n) is 8.16. The summed E-state index contributed by atoms with van der Waals surface area (Å²) in [6.07, 6.45) is 4.49. The van der Waals surface area contributed by atoms with E-state index in [1.54, 1.807) is 7.11 Å². The average molecular weight is 381 g/mol. The first kappa shape index (κ1) is 20.4. The molecular formula is C24H32N2O2. The first-order chi connectivity index (χ1) is 13.4. The van der Waals surface area contributed by atoms with Gasteiger partial charge in [-0.1, -0.05) is 43.2 Å². The SMILES string of the molecule is COc1cccc(C(NC(=O)c2c(C)cccc2C)C2(N(C)C)CCCC2)c1. The molecule has 0 radical (unpaired) electrons. The van der Waals surface area contributed by atoms with E-state index in [0.717, 1.165) is 40.8 Å². The molecule has 0 aromatic heterocycles. The van der Waals surface area contributed by atoms with E-state index in [1.807, 2.05) is 44.2 Å². The van der Waals surface area contributed by atoms with Crippen molar-refractivity contribution in [1.82, 2.24) is 10.2 Å². The lowest BCUT2D eigenvalue weighted by Gasteiger charge is -2.44. The minimum atomic E-state index is -0.105. The molecule has 0 aliphatic heterocycles. The number of hydrogen-bond donors (Lipinski definition) is 1. The summed E-state index contributed by atoms with van der Waals surface area (Å²) in [7, 11) is 5.94. The van der Waals surface area contributed by atoms with Gasteiger partial charge in [-0.15, -0.1) is 0 Å². The smallest absolute Gasteiger partial charge is 0.252 e. The molecule has 1 aliphatic rings.